The number of aromatic hydroxyl groups is 1. The van der Waals surface area contributed by atoms with E-state index in [1.807, 2.05) is 18.2 Å². The highest BCUT2D eigenvalue weighted by Gasteiger charge is 2.32. The molecule has 1 unspecified atom stereocenters. The maximum atomic E-state index is 12.9. The number of thioether (sulfide) groups is 1. The molecule has 2 aliphatic heterocycles. The summed E-state index contributed by atoms with van der Waals surface area (Å²) in [6, 6.07) is 11.0. The van der Waals surface area contributed by atoms with Gasteiger partial charge in [0.2, 0.25) is 0 Å². The fourth-order valence-electron chi connectivity index (χ4n) is 3.93. The van der Waals surface area contributed by atoms with Gasteiger partial charge >= 0.3 is 11.9 Å². The van der Waals surface area contributed by atoms with Crippen molar-refractivity contribution in [3.05, 3.63) is 64.1 Å². The number of fused-ring (bicyclic) bond motifs is 1. The van der Waals surface area contributed by atoms with E-state index in [1.54, 1.807) is 31.2 Å². The van der Waals surface area contributed by atoms with Gasteiger partial charge in [0.1, 0.15) is 5.75 Å². The number of allylic oxidation sites excluding steroid dienone is 1. The van der Waals surface area contributed by atoms with Crippen LogP contribution in [-0.2, 0) is 22.4 Å². The summed E-state index contributed by atoms with van der Waals surface area (Å²) in [5, 5.41) is 29.6. The van der Waals surface area contributed by atoms with Crippen LogP contribution in [0.15, 0.2) is 57.6 Å². The minimum Gasteiger partial charge on any atom is -0.505 e. The Labute approximate surface area is 188 Å². The molecular weight excluding hydrogens is 428 g/mol. The van der Waals surface area contributed by atoms with Gasteiger partial charge in [-0.1, -0.05) is 24.3 Å². The van der Waals surface area contributed by atoms with E-state index in [2.05, 4.69) is 15.6 Å². The van der Waals surface area contributed by atoms with Gasteiger partial charge in [0.15, 0.2) is 5.71 Å². The molecule has 0 saturated heterocycles. The molecule has 0 bridgehead atoms. The summed E-state index contributed by atoms with van der Waals surface area (Å²) >= 11 is 1.20. The van der Waals surface area contributed by atoms with E-state index in [0.29, 0.717) is 29.1 Å². The number of rotatable bonds is 5. The third-order valence-electron chi connectivity index (χ3n) is 5.79. The molecule has 5 rings (SSSR count). The molecule has 2 aromatic rings. The number of nitrogens with one attached hydrogen (secondary N) is 1. The molecule has 3 N–H and O–H groups in total. The average molecular weight is 449 g/mol. The molecule has 1 amide bonds. The van der Waals surface area contributed by atoms with Crippen LogP contribution in [0.5, 0.6) is 5.75 Å². The van der Waals surface area contributed by atoms with Crippen molar-refractivity contribution in [1.82, 2.24) is 0 Å². The largest absolute Gasteiger partial charge is 0.505 e. The highest BCUT2D eigenvalue weighted by molar-refractivity contribution is 8.04. The van der Waals surface area contributed by atoms with Crippen LogP contribution in [0.25, 0.3) is 0 Å². The van der Waals surface area contributed by atoms with Crippen molar-refractivity contribution in [1.29, 1.82) is 0 Å². The van der Waals surface area contributed by atoms with Crippen molar-refractivity contribution in [3.63, 3.8) is 0 Å². The van der Waals surface area contributed by atoms with Crippen molar-refractivity contribution < 1.29 is 19.8 Å². The highest BCUT2D eigenvalue weighted by Crippen LogP contribution is 2.47. The molecule has 2 heterocycles. The van der Waals surface area contributed by atoms with Gasteiger partial charge in [0.05, 0.1) is 22.0 Å². The van der Waals surface area contributed by atoms with Crippen LogP contribution in [0, 0.1) is 0 Å². The standard InChI is InChI=1S/C23H20N4O4S/c1-12-20(22(29)27(26-12)15-8-7-13-5-6-14(13)11-15)25-24-17-4-2-3-16(21(17)28)18-9-10-19(32-18)23(30)31/h2-4,7-8,10-11,18,24,28H,5-6,9H2,1H3,(H,30,31)/b25-20-. The summed E-state index contributed by atoms with van der Waals surface area (Å²) < 4.78 is 0. The molecule has 8 nitrogen and oxygen atoms in total. The number of carbonyl (C=O) groups excluding carboxylic acids is 1. The minimum atomic E-state index is -0.968. The smallest absolute Gasteiger partial charge is 0.341 e. The predicted molar refractivity (Wildman–Crippen MR) is 124 cm³/mol. The molecule has 32 heavy (non-hydrogen) atoms. The van der Waals surface area contributed by atoms with E-state index >= 15 is 0 Å². The number of benzene rings is 2. The number of hydrazone groups is 2. The molecule has 0 radical (unpaired) electrons. The van der Waals surface area contributed by atoms with Crippen LogP contribution < -0.4 is 10.4 Å². The third kappa shape index (κ3) is 3.44. The average Bonchev–Trinajstić information content (AvgIpc) is 3.34. The number of aliphatic carboxylic acids is 1. The van der Waals surface area contributed by atoms with Crippen LogP contribution in [-0.4, -0.2) is 33.5 Å². The Balaban J connectivity index is 1.34. The van der Waals surface area contributed by atoms with Crippen molar-refractivity contribution in [2.24, 2.45) is 10.2 Å². The van der Waals surface area contributed by atoms with Gasteiger partial charge in [-0.15, -0.1) is 11.8 Å². The Hall–Kier alpha value is -3.59. The van der Waals surface area contributed by atoms with Gasteiger partial charge in [-0.05, 0) is 55.5 Å². The first-order valence-corrected chi connectivity index (χ1v) is 11.1. The highest BCUT2D eigenvalue weighted by atomic mass is 32.2. The molecule has 2 aromatic carbocycles. The first-order chi connectivity index (χ1) is 15.4. The zero-order valence-corrected chi connectivity index (χ0v) is 18.0. The summed E-state index contributed by atoms with van der Waals surface area (Å²) in [5.41, 5.74) is 7.62. The fourth-order valence-corrected chi connectivity index (χ4v) is 5.04. The molecule has 0 fully saturated rings. The lowest BCUT2D eigenvalue weighted by Crippen LogP contribution is -2.28. The lowest BCUT2D eigenvalue weighted by molar-refractivity contribution is -0.131. The maximum Gasteiger partial charge on any atom is 0.341 e. The number of para-hydroxylation sites is 1. The molecule has 3 aliphatic rings. The Kier molecular flexibility index (Phi) is 4.97. The van der Waals surface area contributed by atoms with E-state index in [-0.39, 0.29) is 27.5 Å². The quantitative estimate of drug-likeness (QED) is 0.473. The van der Waals surface area contributed by atoms with Crippen molar-refractivity contribution in [2.45, 2.75) is 31.4 Å². The zero-order chi connectivity index (χ0) is 22.4. The summed E-state index contributed by atoms with van der Waals surface area (Å²) in [5.74, 6) is -1.33. The number of phenols is 1. The first-order valence-electron chi connectivity index (χ1n) is 10.2. The van der Waals surface area contributed by atoms with Crippen LogP contribution in [0.4, 0.5) is 11.4 Å². The van der Waals surface area contributed by atoms with Gasteiger partial charge in [0.25, 0.3) is 0 Å². The lowest BCUT2D eigenvalue weighted by Gasteiger charge is -2.21. The van der Waals surface area contributed by atoms with E-state index in [9.17, 15) is 14.7 Å². The monoisotopic (exact) mass is 448 g/mol. The van der Waals surface area contributed by atoms with Gasteiger partial charge in [-0.3, -0.25) is 10.2 Å². The third-order valence-corrected chi connectivity index (χ3v) is 7.11. The summed E-state index contributed by atoms with van der Waals surface area (Å²) in [4.78, 5) is 24.4. The molecule has 162 valence electrons. The number of anilines is 2. The second kappa shape index (κ2) is 7.83. The number of hydrogen-bond acceptors (Lipinski definition) is 7. The fraction of sp³-hybridized carbons (Fsp3) is 0.217. The number of carboxylic acids is 1. The SMILES string of the molecule is CC1=NN(c2ccc3c(c2)CC3)C(=O)/C1=N\Nc1cccc(C2CC=C(C(=O)O)S2)c1O. The molecule has 0 aromatic heterocycles. The Bertz CT molecular complexity index is 1250. The van der Waals surface area contributed by atoms with E-state index in [4.69, 9.17) is 5.11 Å². The molecule has 1 atom stereocenters. The van der Waals surface area contributed by atoms with Crippen molar-refractivity contribution in [2.75, 3.05) is 10.4 Å². The van der Waals surface area contributed by atoms with E-state index < -0.39 is 5.97 Å². The van der Waals surface area contributed by atoms with E-state index in [0.717, 1.165) is 12.8 Å². The lowest BCUT2D eigenvalue weighted by atomic mass is 9.88. The van der Waals surface area contributed by atoms with Crippen LogP contribution in [0.3, 0.4) is 0 Å². The second-order valence-corrected chi connectivity index (χ2v) is 9.03. The van der Waals surface area contributed by atoms with Crippen LogP contribution >= 0.6 is 11.8 Å². The molecule has 9 heteroatoms. The molecule has 0 saturated carbocycles. The topological polar surface area (TPSA) is 115 Å². The summed E-state index contributed by atoms with van der Waals surface area (Å²) in [7, 11) is 0. The van der Waals surface area contributed by atoms with E-state index in [1.165, 1.54) is 27.9 Å². The van der Waals surface area contributed by atoms with Gasteiger partial charge in [-0.2, -0.15) is 15.2 Å². The number of aryl methyl sites for hydroxylation is 2. The van der Waals surface area contributed by atoms with Crippen molar-refractivity contribution in [3.8, 4) is 5.75 Å². The minimum absolute atomic E-state index is 0.0198. The maximum absolute atomic E-state index is 12.9. The van der Waals surface area contributed by atoms with Gasteiger partial charge in [-0.25, -0.2) is 4.79 Å². The van der Waals surface area contributed by atoms with Gasteiger partial charge < -0.3 is 10.2 Å². The number of amides is 1. The number of phenolic OH excluding ortho intramolecular Hbond substituents is 1. The number of nitrogens with zero attached hydrogens (tertiary/aromatic N) is 3. The number of hydrogen-bond donors (Lipinski definition) is 3. The van der Waals surface area contributed by atoms with Crippen molar-refractivity contribution >= 4 is 46.4 Å². The Morgan fingerprint density at radius 1 is 1.25 bits per heavy atom. The number of carboxylic acid groups (broad SMARTS) is 1. The predicted octanol–water partition coefficient (Wildman–Crippen LogP) is 3.83. The van der Waals surface area contributed by atoms with Crippen LogP contribution in [0.1, 0.15) is 35.3 Å². The van der Waals surface area contributed by atoms with Gasteiger partial charge in [0, 0.05) is 10.8 Å². The second-order valence-electron chi connectivity index (χ2n) is 7.79. The Morgan fingerprint density at radius 2 is 2.06 bits per heavy atom. The molecule has 0 spiro atoms. The Morgan fingerprint density at radius 3 is 2.75 bits per heavy atom. The number of carbonyl (C=O) groups is 2. The zero-order valence-electron chi connectivity index (χ0n) is 17.2. The summed E-state index contributed by atoms with van der Waals surface area (Å²) in [6.45, 7) is 1.71. The normalized spacial score (nSPS) is 20.7. The first kappa shape index (κ1) is 20.3. The molecule has 1 aliphatic carbocycles. The van der Waals surface area contributed by atoms with Crippen LogP contribution in [0.2, 0.25) is 0 Å². The molecular formula is C23H20N4O4S. The summed E-state index contributed by atoms with van der Waals surface area (Å²) in [6.07, 6.45) is 4.24.